The molecule has 0 unspecified atom stereocenters. The first-order valence-electron chi connectivity index (χ1n) is 13.3. The third-order valence-electron chi connectivity index (χ3n) is 6.07. The Morgan fingerprint density at radius 2 is 1.60 bits per heavy atom. The number of halogens is 1. The molecule has 17 heteroatoms. The highest BCUT2D eigenvalue weighted by molar-refractivity contribution is 6.30. The monoisotopic (exact) mass is 622 g/mol. The van der Waals surface area contributed by atoms with E-state index in [-0.39, 0.29) is 32.2 Å². The first kappa shape index (κ1) is 34.5. The molecule has 1 fully saturated rings. The van der Waals surface area contributed by atoms with Gasteiger partial charge in [-0.05, 0) is 30.5 Å². The van der Waals surface area contributed by atoms with Crippen molar-refractivity contribution in [2.24, 2.45) is 5.73 Å². The molecule has 0 spiro atoms. The minimum absolute atomic E-state index is 0.0206. The number of hydrogen-bond donors (Lipinski definition) is 8. The van der Waals surface area contributed by atoms with Crippen LogP contribution in [-0.4, -0.2) is 91.6 Å². The van der Waals surface area contributed by atoms with E-state index in [1.54, 1.807) is 24.3 Å². The van der Waals surface area contributed by atoms with Gasteiger partial charge in [0.2, 0.25) is 47.3 Å². The van der Waals surface area contributed by atoms with Crippen LogP contribution in [-0.2, 0) is 44.8 Å². The van der Waals surface area contributed by atoms with Crippen molar-refractivity contribution in [3.63, 3.8) is 0 Å². The van der Waals surface area contributed by atoms with Crippen LogP contribution in [0.5, 0.6) is 0 Å². The van der Waals surface area contributed by atoms with Crippen LogP contribution in [0, 0.1) is 0 Å². The molecule has 1 aliphatic heterocycles. The first-order valence-corrected chi connectivity index (χ1v) is 13.7. The average molecular weight is 623 g/mol. The summed E-state index contributed by atoms with van der Waals surface area (Å²) < 4.78 is 0. The average Bonchev–Trinajstić information content (AvgIpc) is 2.94. The molecule has 0 bridgehead atoms. The van der Waals surface area contributed by atoms with Crippen LogP contribution in [0.15, 0.2) is 24.3 Å². The van der Waals surface area contributed by atoms with Crippen molar-refractivity contribution in [2.75, 3.05) is 26.2 Å². The van der Waals surface area contributed by atoms with Gasteiger partial charge < -0.3 is 43.0 Å². The zero-order valence-electron chi connectivity index (χ0n) is 23.4. The third kappa shape index (κ3) is 13.2. The summed E-state index contributed by atoms with van der Waals surface area (Å²) in [7, 11) is 0. The standard InChI is InChI=1S/C26H35ClN8O8/c1-14(36)30-11-21(38)34-18-5-6-20(37)29-8-7-17(24(28)41)33-22(39)12-32-26(43)19(35-23(40)13-31-25(18)42)10-15-3-2-4-16(27)9-15/h2-4,9,17-19H,5-8,10-13H2,1H3,(H2,28,41)(H,29,37)(H,30,36)(H,31,42)(H,32,43)(H,33,39)(H,34,38)(H,35,40)/t17-,18-,19+/m0/s1. The van der Waals surface area contributed by atoms with Gasteiger partial charge in [0, 0.05) is 31.3 Å². The van der Waals surface area contributed by atoms with Gasteiger partial charge in [-0.15, -0.1) is 0 Å². The zero-order valence-corrected chi connectivity index (χ0v) is 24.2. The summed E-state index contributed by atoms with van der Waals surface area (Å²) in [6, 6.07) is 2.92. The molecule has 0 aromatic heterocycles. The number of nitrogens with one attached hydrogen (secondary N) is 7. The van der Waals surface area contributed by atoms with E-state index in [9.17, 15) is 38.4 Å². The Morgan fingerprint density at radius 1 is 0.930 bits per heavy atom. The lowest BCUT2D eigenvalue weighted by molar-refractivity contribution is -0.132. The zero-order chi connectivity index (χ0) is 31.9. The van der Waals surface area contributed by atoms with E-state index in [0.29, 0.717) is 10.6 Å². The number of hydrogen-bond acceptors (Lipinski definition) is 8. The fourth-order valence-corrected chi connectivity index (χ4v) is 4.12. The van der Waals surface area contributed by atoms with Crippen LogP contribution in [0.1, 0.15) is 31.7 Å². The molecule has 0 saturated carbocycles. The number of benzene rings is 1. The van der Waals surface area contributed by atoms with E-state index in [0.717, 1.165) is 0 Å². The van der Waals surface area contributed by atoms with Crippen LogP contribution in [0.4, 0.5) is 0 Å². The number of amides is 8. The Balaban J connectivity index is 2.25. The minimum atomic E-state index is -1.26. The van der Waals surface area contributed by atoms with Crippen molar-refractivity contribution in [3.05, 3.63) is 34.9 Å². The molecule has 1 aliphatic rings. The quantitative estimate of drug-likeness (QED) is 0.158. The van der Waals surface area contributed by atoms with Crippen molar-refractivity contribution >= 4 is 58.9 Å². The minimum Gasteiger partial charge on any atom is -0.368 e. The first-order chi connectivity index (χ1) is 20.3. The number of primary amides is 1. The normalized spacial score (nSPS) is 21.3. The van der Waals surface area contributed by atoms with Crippen LogP contribution in [0.3, 0.4) is 0 Å². The van der Waals surface area contributed by atoms with Gasteiger partial charge in [-0.2, -0.15) is 0 Å². The molecule has 43 heavy (non-hydrogen) atoms. The molecule has 16 nitrogen and oxygen atoms in total. The van der Waals surface area contributed by atoms with Gasteiger partial charge in [0.25, 0.3) is 0 Å². The summed E-state index contributed by atoms with van der Waals surface area (Å²) in [6.07, 6.45) is -0.502. The van der Waals surface area contributed by atoms with Crippen LogP contribution >= 0.6 is 11.6 Å². The maximum absolute atomic E-state index is 13.0. The van der Waals surface area contributed by atoms with Gasteiger partial charge in [0.15, 0.2) is 0 Å². The maximum atomic E-state index is 13.0. The van der Waals surface area contributed by atoms with Gasteiger partial charge in [0.1, 0.15) is 18.1 Å². The molecule has 0 radical (unpaired) electrons. The summed E-state index contributed by atoms with van der Waals surface area (Å²) in [5.74, 6) is -5.63. The fraction of sp³-hybridized carbons (Fsp3) is 0.462. The van der Waals surface area contributed by atoms with Gasteiger partial charge in [-0.1, -0.05) is 23.7 Å². The second kappa shape index (κ2) is 17.3. The van der Waals surface area contributed by atoms with Crippen molar-refractivity contribution in [1.82, 2.24) is 37.2 Å². The molecule has 2 rings (SSSR count). The maximum Gasteiger partial charge on any atom is 0.243 e. The highest BCUT2D eigenvalue weighted by Gasteiger charge is 2.26. The number of nitrogens with two attached hydrogens (primary N) is 1. The topological polar surface area (TPSA) is 247 Å². The third-order valence-corrected chi connectivity index (χ3v) is 6.31. The van der Waals surface area contributed by atoms with Gasteiger partial charge in [0.05, 0.1) is 19.6 Å². The van der Waals surface area contributed by atoms with Crippen LogP contribution in [0.2, 0.25) is 5.02 Å². The summed E-state index contributed by atoms with van der Waals surface area (Å²) in [5, 5.41) is 17.2. The predicted octanol–water partition coefficient (Wildman–Crippen LogP) is -3.51. The van der Waals surface area contributed by atoms with Crippen LogP contribution in [0.25, 0.3) is 0 Å². The van der Waals surface area contributed by atoms with E-state index in [1.807, 2.05) is 0 Å². The molecular formula is C26H35ClN8O8. The number of rotatable bonds is 6. The Kier molecular flexibility index (Phi) is 13.9. The molecular weight excluding hydrogens is 588 g/mol. The molecule has 3 atom stereocenters. The molecule has 1 heterocycles. The molecule has 234 valence electrons. The molecule has 1 aromatic rings. The Morgan fingerprint density at radius 3 is 2.26 bits per heavy atom. The van der Waals surface area contributed by atoms with Gasteiger partial charge in [-0.3, -0.25) is 38.4 Å². The van der Waals surface area contributed by atoms with Gasteiger partial charge in [-0.25, -0.2) is 0 Å². The molecule has 1 saturated heterocycles. The molecule has 8 amide bonds. The lowest BCUT2D eigenvalue weighted by Crippen LogP contribution is -2.54. The van der Waals surface area contributed by atoms with Crippen molar-refractivity contribution in [3.8, 4) is 0 Å². The SMILES string of the molecule is CC(=O)NCC(=O)N[C@H]1CCC(=O)NCC[C@@H](C(N)=O)NC(=O)CNC(=O)[C@@H](Cc2cccc(Cl)c2)NC(=O)CNC1=O. The fourth-order valence-electron chi connectivity index (χ4n) is 3.91. The van der Waals surface area contributed by atoms with E-state index in [4.69, 9.17) is 17.3 Å². The predicted molar refractivity (Wildman–Crippen MR) is 152 cm³/mol. The Bertz CT molecular complexity index is 1240. The van der Waals surface area contributed by atoms with Gasteiger partial charge >= 0.3 is 0 Å². The number of carbonyl (C=O) groups is 8. The van der Waals surface area contributed by atoms with Crippen molar-refractivity contribution in [1.29, 1.82) is 0 Å². The lowest BCUT2D eigenvalue weighted by Gasteiger charge is -2.21. The van der Waals surface area contributed by atoms with Crippen LogP contribution < -0.4 is 43.0 Å². The molecule has 9 N–H and O–H groups in total. The smallest absolute Gasteiger partial charge is 0.243 e. The largest absolute Gasteiger partial charge is 0.368 e. The second-order valence-corrected chi connectivity index (χ2v) is 10.1. The highest BCUT2D eigenvalue weighted by Crippen LogP contribution is 2.12. The lowest BCUT2D eigenvalue weighted by atomic mass is 10.0. The van der Waals surface area contributed by atoms with E-state index >= 15 is 0 Å². The summed E-state index contributed by atoms with van der Waals surface area (Å²) in [4.78, 5) is 98.7. The van der Waals surface area contributed by atoms with E-state index in [2.05, 4.69) is 37.2 Å². The second-order valence-electron chi connectivity index (χ2n) is 9.62. The summed E-state index contributed by atoms with van der Waals surface area (Å²) in [5.41, 5.74) is 5.95. The highest BCUT2D eigenvalue weighted by atomic mass is 35.5. The molecule has 0 aliphatic carbocycles. The van der Waals surface area contributed by atoms with Crippen molar-refractivity contribution < 1.29 is 38.4 Å². The summed E-state index contributed by atoms with van der Waals surface area (Å²) >= 11 is 6.04. The van der Waals surface area contributed by atoms with E-state index in [1.165, 1.54) is 6.92 Å². The number of carbonyl (C=O) groups excluding carboxylic acids is 8. The Labute approximate surface area is 252 Å². The molecule has 1 aromatic carbocycles. The Hall–Kier alpha value is -4.73. The van der Waals surface area contributed by atoms with Crippen molar-refractivity contribution in [2.45, 2.75) is 50.7 Å². The van der Waals surface area contributed by atoms with E-state index < -0.39 is 85.0 Å². The summed E-state index contributed by atoms with van der Waals surface area (Å²) in [6.45, 7) is -0.427.